The fraction of sp³-hybridized carbons (Fsp3) is 0.583. The molecular formula is C12H18N5O4P. The average molecular weight is 327 g/mol. The zero-order chi connectivity index (χ0) is 16.0. The summed E-state index contributed by atoms with van der Waals surface area (Å²) in [5, 5.41) is 0. The van der Waals surface area contributed by atoms with E-state index < -0.39 is 19.5 Å². The number of fused-ring (bicyclic) bond motifs is 1. The molecule has 1 fully saturated rings. The summed E-state index contributed by atoms with van der Waals surface area (Å²) in [7, 11) is -4.20. The van der Waals surface area contributed by atoms with E-state index in [0.29, 0.717) is 17.7 Å². The summed E-state index contributed by atoms with van der Waals surface area (Å²) in [5.41, 5.74) is 6.23. The monoisotopic (exact) mass is 327 g/mol. The second-order valence-corrected chi connectivity index (χ2v) is 7.21. The highest BCUT2D eigenvalue weighted by Crippen LogP contribution is 2.52. The first-order valence-corrected chi connectivity index (χ1v) is 8.74. The van der Waals surface area contributed by atoms with Gasteiger partial charge in [0, 0.05) is 0 Å². The summed E-state index contributed by atoms with van der Waals surface area (Å²) >= 11 is 0. The van der Waals surface area contributed by atoms with Crippen molar-refractivity contribution in [3.05, 3.63) is 12.5 Å². The van der Waals surface area contributed by atoms with Gasteiger partial charge in [0.15, 0.2) is 5.65 Å². The molecule has 2 heterocycles. The fourth-order valence-electron chi connectivity index (χ4n) is 2.78. The molecule has 9 nitrogen and oxygen atoms in total. The molecule has 120 valence electrons. The lowest BCUT2D eigenvalue weighted by molar-refractivity contribution is 0.0281. The first-order valence-electron chi connectivity index (χ1n) is 6.95. The van der Waals surface area contributed by atoms with Gasteiger partial charge in [-0.25, -0.2) is 9.97 Å². The number of rotatable bonds is 6. The highest BCUT2D eigenvalue weighted by molar-refractivity contribution is 7.51. The van der Waals surface area contributed by atoms with Gasteiger partial charge < -0.3 is 24.8 Å². The van der Waals surface area contributed by atoms with Crippen molar-refractivity contribution in [3.63, 3.8) is 0 Å². The SMILES string of the molecule is CC[C@H]1C[C@]1(Cn1cnc2cnc(N)nc21)OCP(=O)(O)O. The van der Waals surface area contributed by atoms with Crippen LogP contribution < -0.4 is 5.73 Å². The molecular weight excluding hydrogens is 309 g/mol. The van der Waals surface area contributed by atoms with Gasteiger partial charge in [-0.05, 0) is 12.3 Å². The zero-order valence-electron chi connectivity index (χ0n) is 12.1. The predicted molar refractivity (Wildman–Crippen MR) is 78.9 cm³/mol. The molecule has 1 saturated carbocycles. The number of hydrogen-bond donors (Lipinski definition) is 3. The lowest BCUT2D eigenvalue weighted by Crippen LogP contribution is -2.25. The van der Waals surface area contributed by atoms with E-state index in [-0.39, 0.29) is 11.9 Å². The molecule has 1 aliphatic rings. The molecule has 0 aliphatic heterocycles. The Morgan fingerprint density at radius 1 is 1.55 bits per heavy atom. The zero-order valence-corrected chi connectivity index (χ0v) is 13.0. The van der Waals surface area contributed by atoms with Gasteiger partial charge >= 0.3 is 7.60 Å². The number of nitrogen functional groups attached to an aromatic ring is 1. The minimum absolute atomic E-state index is 0.155. The Balaban J connectivity index is 1.84. The number of hydrogen-bond acceptors (Lipinski definition) is 6. The highest BCUT2D eigenvalue weighted by atomic mass is 31.2. The Bertz CT molecular complexity index is 744. The maximum Gasteiger partial charge on any atom is 0.351 e. The molecule has 0 saturated heterocycles. The van der Waals surface area contributed by atoms with Crippen LogP contribution in [-0.2, 0) is 15.8 Å². The third-order valence-corrected chi connectivity index (χ3v) is 4.47. The third kappa shape index (κ3) is 2.98. The molecule has 0 unspecified atom stereocenters. The largest absolute Gasteiger partial charge is 0.368 e. The topological polar surface area (TPSA) is 136 Å². The van der Waals surface area contributed by atoms with Crippen molar-refractivity contribution in [1.82, 2.24) is 19.5 Å². The maximum absolute atomic E-state index is 11.1. The molecule has 2 aromatic rings. The predicted octanol–water partition coefficient (Wildman–Crippen LogP) is 0.729. The Morgan fingerprint density at radius 2 is 2.32 bits per heavy atom. The molecule has 0 spiro atoms. The van der Waals surface area contributed by atoms with E-state index in [9.17, 15) is 4.57 Å². The molecule has 22 heavy (non-hydrogen) atoms. The molecule has 0 amide bonds. The van der Waals surface area contributed by atoms with Crippen LogP contribution >= 0.6 is 7.60 Å². The van der Waals surface area contributed by atoms with E-state index in [1.165, 1.54) is 0 Å². The second kappa shape index (κ2) is 5.27. The van der Waals surface area contributed by atoms with Gasteiger partial charge in [0.05, 0.1) is 24.7 Å². The van der Waals surface area contributed by atoms with Crippen molar-refractivity contribution < 1.29 is 19.1 Å². The molecule has 0 aromatic carbocycles. The van der Waals surface area contributed by atoms with Crippen LogP contribution in [0.5, 0.6) is 0 Å². The maximum atomic E-state index is 11.1. The molecule has 0 bridgehead atoms. The molecule has 2 aromatic heterocycles. The summed E-state index contributed by atoms with van der Waals surface area (Å²) in [6, 6.07) is 0. The van der Waals surface area contributed by atoms with E-state index >= 15 is 0 Å². The Kier molecular flexibility index (Phi) is 3.68. The van der Waals surface area contributed by atoms with Gasteiger partial charge in [-0.1, -0.05) is 13.3 Å². The van der Waals surface area contributed by atoms with E-state index in [2.05, 4.69) is 15.0 Å². The standard InChI is InChI=1S/C12H18N5O4P/c1-2-8-3-12(8,21-7-22(18,19)20)5-17-6-15-9-4-14-11(13)16-10(9)17/h4,6,8H,2-3,5,7H2,1H3,(H2,13,14,16)(H2,18,19,20)/t8-,12+/m0/s1. The van der Waals surface area contributed by atoms with Crippen molar-refractivity contribution >= 4 is 24.7 Å². The van der Waals surface area contributed by atoms with E-state index in [0.717, 1.165) is 12.8 Å². The normalized spacial score (nSPS) is 24.8. The summed E-state index contributed by atoms with van der Waals surface area (Å²) in [5.74, 6) is 0.415. The smallest absolute Gasteiger partial charge is 0.351 e. The van der Waals surface area contributed by atoms with Crippen molar-refractivity contribution in [2.45, 2.75) is 31.9 Å². The fourth-order valence-corrected chi connectivity index (χ4v) is 3.20. The van der Waals surface area contributed by atoms with Crippen LogP contribution in [0.4, 0.5) is 5.95 Å². The number of ether oxygens (including phenoxy) is 1. The molecule has 4 N–H and O–H groups in total. The van der Waals surface area contributed by atoms with Crippen molar-refractivity contribution in [3.8, 4) is 0 Å². The summed E-state index contributed by atoms with van der Waals surface area (Å²) in [4.78, 5) is 30.3. The van der Waals surface area contributed by atoms with E-state index in [4.69, 9.17) is 20.3 Å². The lowest BCUT2D eigenvalue weighted by atomic mass is 10.2. The van der Waals surface area contributed by atoms with E-state index in [1.807, 2.05) is 6.92 Å². The average Bonchev–Trinajstić information content (AvgIpc) is 3.02. The van der Waals surface area contributed by atoms with Gasteiger partial charge in [-0.15, -0.1) is 0 Å². The van der Waals surface area contributed by atoms with Crippen LogP contribution in [0, 0.1) is 5.92 Å². The van der Waals surface area contributed by atoms with Gasteiger partial charge in [0.1, 0.15) is 11.9 Å². The summed E-state index contributed by atoms with van der Waals surface area (Å²) < 4.78 is 18.4. The molecule has 1 aliphatic carbocycles. The van der Waals surface area contributed by atoms with Gasteiger partial charge in [0.2, 0.25) is 5.95 Å². The van der Waals surface area contributed by atoms with Crippen molar-refractivity contribution in [2.24, 2.45) is 5.92 Å². The van der Waals surface area contributed by atoms with Crippen LogP contribution in [0.1, 0.15) is 19.8 Å². The third-order valence-electron chi connectivity index (χ3n) is 4.00. The number of aromatic nitrogens is 4. The van der Waals surface area contributed by atoms with E-state index in [1.54, 1.807) is 17.1 Å². The van der Waals surface area contributed by atoms with Crippen molar-refractivity contribution in [2.75, 3.05) is 12.1 Å². The van der Waals surface area contributed by atoms with Gasteiger partial charge in [-0.3, -0.25) is 4.57 Å². The summed E-state index contributed by atoms with van der Waals surface area (Å²) in [6.45, 7) is 2.46. The van der Waals surface area contributed by atoms with Crippen LogP contribution in [0.3, 0.4) is 0 Å². The number of nitrogens with zero attached hydrogens (tertiary/aromatic N) is 4. The van der Waals surface area contributed by atoms with Gasteiger partial charge in [-0.2, -0.15) is 4.98 Å². The molecule has 3 rings (SSSR count). The van der Waals surface area contributed by atoms with Crippen LogP contribution in [-0.4, -0.2) is 41.3 Å². The highest BCUT2D eigenvalue weighted by Gasteiger charge is 2.55. The van der Waals surface area contributed by atoms with Crippen LogP contribution in [0.25, 0.3) is 11.2 Å². The Labute approximate surface area is 126 Å². The Hall–Kier alpha value is -1.54. The number of imidazole rings is 1. The quantitative estimate of drug-likeness (QED) is 0.660. The minimum Gasteiger partial charge on any atom is -0.368 e. The van der Waals surface area contributed by atoms with Gasteiger partial charge in [0.25, 0.3) is 0 Å². The first kappa shape index (κ1) is 15.4. The lowest BCUT2D eigenvalue weighted by Gasteiger charge is -2.19. The Morgan fingerprint density at radius 3 is 2.95 bits per heavy atom. The number of anilines is 1. The van der Waals surface area contributed by atoms with Crippen LogP contribution in [0.15, 0.2) is 12.5 Å². The first-order chi connectivity index (χ1) is 10.3. The minimum atomic E-state index is -4.20. The van der Waals surface area contributed by atoms with Crippen molar-refractivity contribution in [1.29, 1.82) is 0 Å². The molecule has 2 atom stereocenters. The second-order valence-electron chi connectivity index (χ2n) is 5.62. The molecule has 10 heteroatoms. The summed E-state index contributed by atoms with van der Waals surface area (Å²) in [6.07, 6.45) is 4.22. The number of nitrogens with two attached hydrogens (primary N) is 1. The molecule has 0 radical (unpaired) electrons. The van der Waals surface area contributed by atoms with Crippen LogP contribution in [0.2, 0.25) is 0 Å².